The van der Waals surface area contributed by atoms with Gasteiger partial charge in [-0.25, -0.2) is 9.97 Å². The first-order chi connectivity index (χ1) is 17.0. The summed E-state index contributed by atoms with van der Waals surface area (Å²) in [6.45, 7) is 1.84. The van der Waals surface area contributed by atoms with Gasteiger partial charge in [-0.2, -0.15) is 4.98 Å². The van der Waals surface area contributed by atoms with Crippen molar-refractivity contribution >= 4 is 39.1 Å². The third-order valence-corrected chi connectivity index (χ3v) is 5.33. The summed E-state index contributed by atoms with van der Waals surface area (Å²) in [5.74, 6) is -0.690. The number of hydrogen-bond acceptors (Lipinski definition) is 8. The van der Waals surface area contributed by atoms with Gasteiger partial charge in [-0.1, -0.05) is 54.6 Å². The van der Waals surface area contributed by atoms with Crippen molar-refractivity contribution in [1.82, 2.24) is 20.4 Å². The highest BCUT2D eigenvalue weighted by Gasteiger charge is 2.26. The van der Waals surface area contributed by atoms with Crippen LogP contribution in [0.1, 0.15) is 16.1 Å². The minimum Gasteiger partial charge on any atom is -0.431 e. The number of hydrogen-bond donors (Lipinski definition) is 2. The average Bonchev–Trinajstić information content (AvgIpc) is 2.87. The molecule has 2 N–H and O–H groups in total. The number of rotatable bonds is 6. The zero-order chi connectivity index (χ0) is 24.4. The zero-order valence-electron chi connectivity index (χ0n) is 18.4. The first kappa shape index (κ1) is 21.7. The third-order valence-electron chi connectivity index (χ3n) is 5.33. The van der Waals surface area contributed by atoms with Gasteiger partial charge in [0.05, 0.1) is 4.92 Å². The number of pyridine rings is 1. The molecule has 1 amide bonds. The van der Waals surface area contributed by atoms with Crippen LogP contribution in [0.15, 0.2) is 79.1 Å². The van der Waals surface area contributed by atoms with Crippen molar-refractivity contribution < 1.29 is 14.5 Å². The molecule has 0 aliphatic heterocycles. The maximum Gasteiger partial charge on any atom is 0.374 e. The van der Waals surface area contributed by atoms with Crippen LogP contribution in [0.5, 0.6) is 11.6 Å². The second-order valence-electron chi connectivity index (χ2n) is 7.62. The SMILES string of the molecule is Cc1ccc2cccc(Oc3ncnc(NNC(=O)c4cccc5ccccc45)c3[N+](=O)[O-])c2n1. The molecule has 35 heavy (non-hydrogen) atoms. The van der Waals surface area contributed by atoms with Gasteiger partial charge in [0.2, 0.25) is 5.82 Å². The number of amides is 1. The van der Waals surface area contributed by atoms with Gasteiger partial charge in [0.25, 0.3) is 5.91 Å². The minimum absolute atomic E-state index is 0.224. The molecule has 0 atom stereocenters. The van der Waals surface area contributed by atoms with Crippen molar-refractivity contribution in [3.63, 3.8) is 0 Å². The number of hydrazine groups is 1. The molecule has 0 aliphatic carbocycles. The summed E-state index contributed by atoms with van der Waals surface area (Å²) < 4.78 is 5.82. The highest BCUT2D eigenvalue weighted by atomic mass is 16.6. The normalized spacial score (nSPS) is 10.8. The lowest BCUT2D eigenvalue weighted by Crippen LogP contribution is -2.30. The molecule has 0 bridgehead atoms. The molecule has 10 nitrogen and oxygen atoms in total. The number of carbonyl (C=O) groups excluding carboxylic acids is 1. The lowest BCUT2D eigenvalue weighted by atomic mass is 10.0. The Hall–Kier alpha value is -5.12. The number of anilines is 1. The van der Waals surface area contributed by atoms with Gasteiger partial charge in [0, 0.05) is 16.6 Å². The van der Waals surface area contributed by atoms with E-state index in [1.807, 2.05) is 55.5 Å². The summed E-state index contributed by atoms with van der Waals surface area (Å²) in [5, 5.41) is 14.4. The van der Waals surface area contributed by atoms with Crippen LogP contribution < -0.4 is 15.6 Å². The lowest BCUT2D eigenvalue weighted by Gasteiger charge is -2.12. The van der Waals surface area contributed by atoms with Gasteiger partial charge >= 0.3 is 11.6 Å². The highest BCUT2D eigenvalue weighted by molar-refractivity contribution is 6.07. The number of carbonyl (C=O) groups is 1. The average molecular weight is 466 g/mol. The Morgan fingerprint density at radius 3 is 2.57 bits per heavy atom. The topological polar surface area (TPSA) is 132 Å². The maximum atomic E-state index is 12.8. The van der Waals surface area contributed by atoms with E-state index in [9.17, 15) is 14.9 Å². The van der Waals surface area contributed by atoms with E-state index in [0.717, 1.165) is 28.2 Å². The molecule has 0 aliphatic rings. The quantitative estimate of drug-likeness (QED) is 0.265. The Bertz CT molecular complexity index is 1600. The standard InChI is InChI=1S/C25H18N6O4/c1-15-12-13-17-8-5-11-20(21(17)28-15)35-25-22(31(33)34)23(26-14-27-25)29-30-24(32)19-10-4-7-16-6-2-3-9-18(16)19/h2-14H,1H3,(H,30,32)(H,26,27,29). The number of ether oxygens (including phenoxy) is 1. The number of nitrogens with one attached hydrogen (secondary N) is 2. The molecule has 2 aromatic heterocycles. The van der Waals surface area contributed by atoms with E-state index in [4.69, 9.17) is 4.74 Å². The van der Waals surface area contributed by atoms with Crippen LogP contribution in [0, 0.1) is 17.0 Å². The Kier molecular flexibility index (Phi) is 5.60. The lowest BCUT2D eigenvalue weighted by molar-refractivity contribution is -0.385. The van der Waals surface area contributed by atoms with Gasteiger partial charge in [0.15, 0.2) is 5.75 Å². The van der Waals surface area contributed by atoms with E-state index in [1.165, 1.54) is 0 Å². The fourth-order valence-corrected chi connectivity index (χ4v) is 3.70. The van der Waals surface area contributed by atoms with E-state index in [-0.39, 0.29) is 11.7 Å². The fraction of sp³-hybridized carbons (Fsp3) is 0.0400. The van der Waals surface area contributed by atoms with Crippen LogP contribution in [0.3, 0.4) is 0 Å². The number of fused-ring (bicyclic) bond motifs is 2. The number of aromatic nitrogens is 3. The first-order valence-corrected chi connectivity index (χ1v) is 10.6. The summed E-state index contributed by atoms with van der Waals surface area (Å²) in [5.41, 5.74) is 6.20. The molecule has 0 unspecified atom stereocenters. The Labute approximate surface area is 198 Å². The monoisotopic (exact) mass is 466 g/mol. The predicted molar refractivity (Wildman–Crippen MR) is 130 cm³/mol. The first-order valence-electron chi connectivity index (χ1n) is 10.6. The maximum absolute atomic E-state index is 12.8. The smallest absolute Gasteiger partial charge is 0.374 e. The molecular formula is C25H18N6O4. The van der Waals surface area contributed by atoms with Crippen molar-refractivity contribution in [3.8, 4) is 11.6 Å². The second-order valence-corrected chi connectivity index (χ2v) is 7.62. The molecule has 3 aromatic carbocycles. The van der Waals surface area contributed by atoms with Crippen LogP contribution in [-0.2, 0) is 0 Å². The van der Waals surface area contributed by atoms with Gasteiger partial charge in [-0.05, 0) is 35.9 Å². The van der Waals surface area contributed by atoms with Crippen LogP contribution in [0.25, 0.3) is 21.7 Å². The van der Waals surface area contributed by atoms with Crippen molar-refractivity contribution in [2.75, 3.05) is 5.43 Å². The number of para-hydroxylation sites is 1. The minimum atomic E-state index is -0.675. The van der Waals surface area contributed by atoms with Gasteiger partial charge in [-0.3, -0.25) is 25.8 Å². The molecule has 172 valence electrons. The van der Waals surface area contributed by atoms with E-state index < -0.39 is 16.5 Å². The van der Waals surface area contributed by atoms with E-state index in [0.29, 0.717) is 16.8 Å². The van der Waals surface area contributed by atoms with Crippen molar-refractivity contribution in [3.05, 3.63) is 100 Å². The fourth-order valence-electron chi connectivity index (χ4n) is 3.70. The Balaban J connectivity index is 1.45. The molecule has 10 heteroatoms. The van der Waals surface area contributed by atoms with Crippen LogP contribution >= 0.6 is 0 Å². The second kappa shape index (κ2) is 9.02. The number of benzene rings is 3. The predicted octanol–water partition coefficient (Wildman–Crippen LogP) is 4.94. The molecule has 0 fully saturated rings. The summed E-state index contributed by atoms with van der Waals surface area (Å²) in [6.07, 6.45) is 1.11. The highest BCUT2D eigenvalue weighted by Crippen LogP contribution is 2.36. The van der Waals surface area contributed by atoms with Crippen molar-refractivity contribution in [2.24, 2.45) is 0 Å². The molecule has 0 radical (unpaired) electrons. The third kappa shape index (κ3) is 4.27. The van der Waals surface area contributed by atoms with E-state index in [1.54, 1.807) is 24.3 Å². The zero-order valence-corrected chi connectivity index (χ0v) is 18.4. The number of nitrogens with zero attached hydrogens (tertiary/aromatic N) is 4. The van der Waals surface area contributed by atoms with Crippen LogP contribution in [-0.4, -0.2) is 25.8 Å². The Morgan fingerprint density at radius 2 is 1.71 bits per heavy atom. The van der Waals surface area contributed by atoms with Crippen molar-refractivity contribution in [2.45, 2.75) is 6.92 Å². The van der Waals surface area contributed by atoms with Crippen LogP contribution in [0.2, 0.25) is 0 Å². The Morgan fingerprint density at radius 1 is 0.943 bits per heavy atom. The molecule has 0 saturated carbocycles. The molecular weight excluding hydrogens is 448 g/mol. The molecule has 2 heterocycles. The summed E-state index contributed by atoms with van der Waals surface area (Å²) in [7, 11) is 0. The molecule has 0 saturated heterocycles. The largest absolute Gasteiger partial charge is 0.431 e. The van der Waals surface area contributed by atoms with Crippen LogP contribution in [0.4, 0.5) is 11.5 Å². The van der Waals surface area contributed by atoms with Gasteiger partial charge < -0.3 is 4.74 Å². The molecule has 5 rings (SSSR count). The summed E-state index contributed by atoms with van der Waals surface area (Å²) >= 11 is 0. The van der Waals surface area contributed by atoms with E-state index >= 15 is 0 Å². The van der Waals surface area contributed by atoms with Gasteiger partial charge in [-0.15, -0.1) is 0 Å². The number of nitro groups is 1. The molecule has 0 spiro atoms. The van der Waals surface area contributed by atoms with E-state index in [2.05, 4.69) is 25.8 Å². The van der Waals surface area contributed by atoms with Gasteiger partial charge in [0.1, 0.15) is 11.8 Å². The molecule has 5 aromatic rings. The number of aryl methyl sites for hydroxylation is 1. The summed E-state index contributed by atoms with van der Waals surface area (Å²) in [6, 6.07) is 21.7. The summed E-state index contributed by atoms with van der Waals surface area (Å²) in [4.78, 5) is 36.4. The van der Waals surface area contributed by atoms with Crippen molar-refractivity contribution in [1.29, 1.82) is 0 Å².